The number of aromatic nitrogens is 2. The second-order valence-corrected chi connectivity index (χ2v) is 6.46. The number of primary amides is 1. The van der Waals surface area contributed by atoms with Crippen LogP contribution in [0.2, 0.25) is 0 Å². The fourth-order valence-corrected chi connectivity index (χ4v) is 3.15. The SMILES string of the molecule is Cc1ncc(C(=O)N2CCN(CCc3ccccc3)[C@@H](C(N)=O)C2)cn1. The van der Waals surface area contributed by atoms with E-state index in [0.29, 0.717) is 24.5 Å². The molecule has 1 aliphatic rings. The molecule has 2 aromatic rings. The lowest BCUT2D eigenvalue weighted by molar-refractivity contribution is -0.125. The van der Waals surface area contributed by atoms with Crippen LogP contribution in [0.1, 0.15) is 21.7 Å². The Balaban J connectivity index is 1.64. The molecular weight excluding hydrogens is 330 g/mol. The van der Waals surface area contributed by atoms with E-state index < -0.39 is 11.9 Å². The molecule has 1 fully saturated rings. The minimum atomic E-state index is -0.484. The van der Waals surface area contributed by atoms with E-state index in [9.17, 15) is 9.59 Å². The van der Waals surface area contributed by atoms with Gasteiger partial charge in [-0.1, -0.05) is 30.3 Å². The van der Waals surface area contributed by atoms with Gasteiger partial charge < -0.3 is 10.6 Å². The van der Waals surface area contributed by atoms with E-state index in [1.165, 1.54) is 18.0 Å². The zero-order valence-corrected chi connectivity index (χ0v) is 14.8. The maximum absolute atomic E-state index is 12.6. The van der Waals surface area contributed by atoms with Crippen molar-refractivity contribution in [2.45, 2.75) is 19.4 Å². The number of aryl methyl sites for hydroxylation is 1. The summed E-state index contributed by atoms with van der Waals surface area (Å²) in [5, 5.41) is 0. The number of carbonyl (C=O) groups is 2. The highest BCUT2D eigenvalue weighted by atomic mass is 16.2. The average Bonchev–Trinajstić information content (AvgIpc) is 2.67. The normalized spacial score (nSPS) is 17.9. The Morgan fingerprint density at radius 2 is 1.85 bits per heavy atom. The number of rotatable bonds is 5. The first-order valence-electron chi connectivity index (χ1n) is 8.70. The molecule has 1 saturated heterocycles. The Morgan fingerprint density at radius 1 is 1.15 bits per heavy atom. The minimum absolute atomic E-state index is 0.168. The molecule has 0 bridgehead atoms. The zero-order valence-electron chi connectivity index (χ0n) is 14.8. The molecule has 2 amide bonds. The van der Waals surface area contributed by atoms with Crippen LogP contribution in [-0.4, -0.2) is 63.8 Å². The quantitative estimate of drug-likeness (QED) is 0.851. The van der Waals surface area contributed by atoms with Crippen LogP contribution in [0, 0.1) is 6.92 Å². The van der Waals surface area contributed by atoms with E-state index in [-0.39, 0.29) is 12.5 Å². The standard InChI is InChI=1S/C19H23N5O2/c1-14-21-11-16(12-22-14)19(26)24-10-9-23(17(13-24)18(20)25)8-7-15-5-3-2-4-6-15/h2-6,11-12,17H,7-10,13H2,1H3,(H2,20,25)/t17-/m1/s1. The third-order valence-corrected chi connectivity index (χ3v) is 4.67. The predicted octanol–water partition coefficient (Wildman–Crippen LogP) is 0.639. The van der Waals surface area contributed by atoms with Crippen LogP contribution in [-0.2, 0) is 11.2 Å². The minimum Gasteiger partial charge on any atom is -0.368 e. The number of hydrogen-bond acceptors (Lipinski definition) is 5. The molecule has 2 heterocycles. The molecule has 3 rings (SSSR count). The van der Waals surface area contributed by atoms with Crippen LogP contribution >= 0.6 is 0 Å². The summed E-state index contributed by atoms with van der Waals surface area (Å²) in [6.07, 6.45) is 3.88. The van der Waals surface area contributed by atoms with Crippen LogP contribution in [0.15, 0.2) is 42.7 Å². The maximum atomic E-state index is 12.6. The smallest absolute Gasteiger partial charge is 0.257 e. The summed E-state index contributed by atoms with van der Waals surface area (Å²) < 4.78 is 0. The maximum Gasteiger partial charge on any atom is 0.257 e. The third-order valence-electron chi connectivity index (χ3n) is 4.67. The Labute approximate surface area is 152 Å². The molecule has 1 aromatic carbocycles. The van der Waals surface area contributed by atoms with Crippen molar-refractivity contribution in [2.24, 2.45) is 5.73 Å². The number of benzene rings is 1. The Morgan fingerprint density at radius 3 is 2.50 bits per heavy atom. The molecule has 1 atom stereocenters. The summed E-state index contributed by atoms with van der Waals surface area (Å²) >= 11 is 0. The van der Waals surface area contributed by atoms with Crippen LogP contribution in [0.5, 0.6) is 0 Å². The van der Waals surface area contributed by atoms with Crippen LogP contribution in [0.4, 0.5) is 0 Å². The van der Waals surface area contributed by atoms with Gasteiger partial charge in [0.15, 0.2) is 0 Å². The van der Waals surface area contributed by atoms with Crippen molar-refractivity contribution in [3.8, 4) is 0 Å². The summed E-state index contributed by atoms with van der Waals surface area (Å²) in [4.78, 5) is 36.4. The second-order valence-electron chi connectivity index (χ2n) is 6.46. The topological polar surface area (TPSA) is 92.4 Å². The molecule has 136 valence electrons. The van der Waals surface area contributed by atoms with Gasteiger partial charge in [0.1, 0.15) is 11.9 Å². The number of piperazine rings is 1. The van der Waals surface area contributed by atoms with E-state index in [4.69, 9.17) is 5.73 Å². The molecular formula is C19H23N5O2. The lowest BCUT2D eigenvalue weighted by Gasteiger charge is -2.39. The number of carbonyl (C=O) groups excluding carboxylic acids is 2. The van der Waals surface area contributed by atoms with E-state index in [1.54, 1.807) is 11.8 Å². The number of nitrogens with two attached hydrogens (primary N) is 1. The molecule has 26 heavy (non-hydrogen) atoms. The first-order chi connectivity index (χ1) is 12.5. The van der Waals surface area contributed by atoms with E-state index in [2.05, 4.69) is 27.0 Å². The van der Waals surface area contributed by atoms with Gasteiger partial charge in [0.25, 0.3) is 5.91 Å². The highest BCUT2D eigenvalue weighted by Crippen LogP contribution is 2.14. The van der Waals surface area contributed by atoms with E-state index in [1.807, 2.05) is 18.2 Å². The molecule has 0 spiro atoms. The summed E-state index contributed by atoms with van der Waals surface area (Å²) in [6, 6.07) is 9.63. The number of amides is 2. The van der Waals surface area contributed by atoms with Gasteiger partial charge in [0, 0.05) is 38.6 Å². The molecule has 0 aliphatic carbocycles. The molecule has 1 aromatic heterocycles. The fraction of sp³-hybridized carbons (Fsp3) is 0.368. The van der Waals surface area contributed by atoms with Gasteiger partial charge >= 0.3 is 0 Å². The first-order valence-corrected chi connectivity index (χ1v) is 8.70. The molecule has 7 nitrogen and oxygen atoms in total. The summed E-state index contributed by atoms with van der Waals surface area (Å²) in [5.74, 6) is 0.0389. The second kappa shape index (κ2) is 8.05. The molecule has 0 saturated carbocycles. The molecule has 0 unspecified atom stereocenters. The van der Waals surface area contributed by atoms with Crippen molar-refractivity contribution in [1.29, 1.82) is 0 Å². The van der Waals surface area contributed by atoms with Gasteiger partial charge in [0.2, 0.25) is 5.91 Å². The van der Waals surface area contributed by atoms with Crippen molar-refractivity contribution in [3.63, 3.8) is 0 Å². The molecule has 2 N–H and O–H groups in total. The summed E-state index contributed by atoms with van der Waals surface area (Å²) in [7, 11) is 0. The van der Waals surface area contributed by atoms with E-state index in [0.717, 1.165) is 13.0 Å². The van der Waals surface area contributed by atoms with Crippen molar-refractivity contribution >= 4 is 11.8 Å². The number of nitrogens with zero attached hydrogens (tertiary/aromatic N) is 4. The van der Waals surface area contributed by atoms with Crippen LogP contribution in [0.3, 0.4) is 0 Å². The first kappa shape index (κ1) is 18.0. The monoisotopic (exact) mass is 353 g/mol. The van der Waals surface area contributed by atoms with Crippen LogP contribution in [0.25, 0.3) is 0 Å². The van der Waals surface area contributed by atoms with Gasteiger partial charge in [-0.25, -0.2) is 9.97 Å². The Bertz CT molecular complexity index is 763. The van der Waals surface area contributed by atoms with Gasteiger partial charge in [0.05, 0.1) is 5.56 Å². The largest absolute Gasteiger partial charge is 0.368 e. The van der Waals surface area contributed by atoms with Crippen LogP contribution < -0.4 is 5.73 Å². The van der Waals surface area contributed by atoms with Gasteiger partial charge in [-0.15, -0.1) is 0 Å². The fourth-order valence-electron chi connectivity index (χ4n) is 3.15. The van der Waals surface area contributed by atoms with E-state index >= 15 is 0 Å². The van der Waals surface area contributed by atoms with Gasteiger partial charge in [-0.05, 0) is 18.9 Å². The van der Waals surface area contributed by atoms with Gasteiger partial charge in [-0.2, -0.15) is 0 Å². The predicted molar refractivity (Wildman–Crippen MR) is 97.4 cm³/mol. The van der Waals surface area contributed by atoms with Crippen molar-refractivity contribution in [1.82, 2.24) is 19.8 Å². The summed E-state index contributed by atoms with van der Waals surface area (Å²) in [6.45, 7) is 3.94. The lowest BCUT2D eigenvalue weighted by Crippen LogP contribution is -2.59. The lowest BCUT2D eigenvalue weighted by atomic mass is 10.1. The zero-order chi connectivity index (χ0) is 18.5. The number of hydrogen-bond donors (Lipinski definition) is 1. The van der Waals surface area contributed by atoms with Gasteiger partial charge in [-0.3, -0.25) is 14.5 Å². The Hall–Kier alpha value is -2.80. The highest BCUT2D eigenvalue weighted by molar-refractivity contribution is 5.94. The third kappa shape index (κ3) is 4.23. The molecule has 7 heteroatoms. The molecule has 0 radical (unpaired) electrons. The highest BCUT2D eigenvalue weighted by Gasteiger charge is 2.33. The average molecular weight is 353 g/mol. The van der Waals surface area contributed by atoms with Crippen molar-refractivity contribution < 1.29 is 9.59 Å². The Kier molecular flexibility index (Phi) is 5.58. The summed E-state index contributed by atoms with van der Waals surface area (Å²) in [5.41, 5.74) is 7.25. The molecule has 1 aliphatic heterocycles. The van der Waals surface area contributed by atoms with Crippen molar-refractivity contribution in [3.05, 3.63) is 59.7 Å². The van der Waals surface area contributed by atoms with Crippen molar-refractivity contribution in [2.75, 3.05) is 26.2 Å².